The van der Waals surface area contributed by atoms with E-state index in [0.29, 0.717) is 6.04 Å². The van der Waals surface area contributed by atoms with Crippen LogP contribution in [0.15, 0.2) is 54.6 Å². The second-order valence-electron chi connectivity index (χ2n) is 7.21. The molecule has 0 saturated carbocycles. The summed E-state index contributed by atoms with van der Waals surface area (Å²) in [7, 11) is 1.72. The van der Waals surface area contributed by atoms with Gasteiger partial charge in [-0.2, -0.15) is 0 Å². The predicted molar refractivity (Wildman–Crippen MR) is 97.0 cm³/mol. The molecule has 2 fully saturated rings. The third kappa shape index (κ3) is 3.47. The van der Waals surface area contributed by atoms with Gasteiger partial charge in [-0.25, -0.2) is 0 Å². The molecule has 126 valence electrons. The van der Waals surface area contributed by atoms with Crippen molar-refractivity contribution >= 4 is 0 Å². The molecule has 2 aliphatic heterocycles. The molecule has 2 aliphatic rings. The molecule has 0 aliphatic carbocycles. The summed E-state index contributed by atoms with van der Waals surface area (Å²) < 4.78 is 5.26. The van der Waals surface area contributed by atoms with Crippen molar-refractivity contribution in [3.63, 3.8) is 0 Å². The van der Waals surface area contributed by atoms with E-state index in [1.165, 1.54) is 37.2 Å². The van der Waals surface area contributed by atoms with Gasteiger partial charge in [0.2, 0.25) is 0 Å². The van der Waals surface area contributed by atoms with E-state index in [4.69, 9.17) is 4.74 Å². The molecule has 2 saturated heterocycles. The van der Waals surface area contributed by atoms with Gasteiger partial charge >= 0.3 is 0 Å². The molecule has 4 rings (SSSR count). The van der Waals surface area contributed by atoms with Crippen LogP contribution in [0.1, 0.15) is 17.5 Å². The number of nitrogens with zero attached hydrogens (tertiary/aromatic N) is 2. The molecule has 3 nitrogen and oxygen atoms in total. The van der Waals surface area contributed by atoms with E-state index >= 15 is 0 Å². The van der Waals surface area contributed by atoms with Crippen molar-refractivity contribution in [1.29, 1.82) is 0 Å². The summed E-state index contributed by atoms with van der Waals surface area (Å²) >= 11 is 0. The number of benzene rings is 2. The molecule has 3 heteroatoms. The number of hydrogen-bond acceptors (Lipinski definition) is 3. The SMILES string of the molecule is COc1ccc(CN2C[C@@H]3C[C@H]2CN(Cc2ccccc2)C3)cc1. The molecule has 0 radical (unpaired) electrons. The molecule has 0 N–H and O–H groups in total. The normalized spacial score (nSPS) is 24.2. The minimum absolute atomic E-state index is 0.703. The second kappa shape index (κ2) is 6.96. The predicted octanol–water partition coefficient (Wildman–Crippen LogP) is 3.40. The quantitative estimate of drug-likeness (QED) is 0.839. The Bertz CT molecular complexity index is 655. The van der Waals surface area contributed by atoms with Gasteiger partial charge in [-0.15, -0.1) is 0 Å². The Morgan fingerprint density at radius 3 is 2.38 bits per heavy atom. The summed E-state index contributed by atoms with van der Waals surface area (Å²) in [6.45, 7) is 5.82. The fourth-order valence-electron chi connectivity index (χ4n) is 4.28. The standard InChI is InChI=1S/C21H26N2O/c1-24-21-9-7-18(8-10-21)14-23-15-19-11-20(23)16-22(13-19)12-17-5-3-2-4-6-17/h2-10,19-20H,11-16H2,1H3/t19-,20+/m1/s1. The van der Waals surface area contributed by atoms with Crippen LogP contribution in [0.3, 0.4) is 0 Å². The van der Waals surface area contributed by atoms with Crippen LogP contribution in [0.4, 0.5) is 0 Å². The van der Waals surface area contributed by atoms with Gasteiger partial charge in [0.25, 0.3) is 0 Å². The van der Waals surface area contributed by atoms with E-state index in [9.17, 15) is 0 Å². The van der Waals surface area contributed by atoms with Crippen molar-refractivity contribution in [1.82, 2.24) is 9.80 Å². The molecule has 2 bridgehead atoms. The van der Waals surface area contributed by atoms with Crippen LogP contribution < -0.4 is 4.74 Å². The van der Waals surface area contributed by atoms with E-state index in [-0.39, 0.29) is 0 Å². The van der Waals surface area contributed by atoms with Crippen LogP contribution >= 0.6 is 0 Å². The molecule has 0 amide bonds. The molecule has 0 unspecified atom stereocenters. The lowest BCUT2D eigenvalue weighted by molar-refractivity contribution is 0.153. The maximum atomic E-state index is 5.26. The average molecular weight is 322 g/mol. The minimum Gasteiger partial charge on any atom is -0.497 e. The molecule has 2 aromatic rings. The zero-order valence-corrected chi connectivity index (χ0v) is 14.4. The van der Waals surface area contributed by atoms with E-state index in [2.05, 4.69) is 64.4 Å². The largest absolute Gasteiger partial charge is 0.497 e. The van der Waals surface area contributed by atoms with Crippen molar-refractivity contribution in [3.8, 4) is 5.75 Å². The van der Waals surface area contributed by atoms with Gasteiger partial charge in [0.15, 0.2) is 0 Å². The monoisotopic (exact) mass is 322 g/mol. The third-order valence-electron chi connectivity index (χ3n) is 5.39. The van der Waals surface area contributed by atoms with Crippen molar-refractivity contribution in [2.24, 2.45) is 5.92 Å². The minimum atomic E-state index is 0.703. The summed E-state index contributed by atoms with van der Waals surface area (Å²) in [6.07, 6.45) is 1.36. The number of fused-ring (bicyclic) bond motifs is 2. The number of likely N-dealkylation sites (tertiary alicyclic amines) is 2. The van der Waals surface area contributed by atoms with Crippen molar-refractivity contribution in [2.45, 2.75) is 25.6 Å². The summed E-state index contributed by atoms with van der Waals surface area (Å²) in [5.74, 6) is 1.76. The fraction of sp³-hybridized carbons (Fsp3) is 0.429. The van der Waals surface area contributed by atoms with Gasteiger partial charge < -0.3 is 4.74 Å². The number of ether oxygens (including phenoxy) is 1. The highest BCUT2D eigenvalue weighted by Gasteiger charge is 2.38. The Hall–Kier alpha value is -1.84. The van der Waals surface area contributed by atoms with Gasteiger partial charge in [0.1, 0.15) is 5.75 Å². The van der Waals surface area contributed by atoms with Gasteiger partial charge in [-0.3, -0.25) is 9.80 Å². The average Bonchev–Trinajstić information content (AvgIpc) is 2.90. The highest BCUT2D eigenvalue weighted by atomic mass is 16.5. The Morgan fingerprint density at radius 1 is 0.875 bits per heavy atom. The van der Waals surface area contributed by atoms with Crippen LogP contribution in [0, 0.1) is 5.92 Å². The lowest BCUT2D eigenvalue weighted by Crippen LogP contribution is -2.41. The highest BCUT2D eigenvalue weighted by molar-refractivity contribution is 5.27. The summed E-state index contributed by atoms with van der Waals surface area (Å²) in [4.78, 5) is 5.32. The van der Waals surface area contributed by atoms with Crippen LogP contribution in [-0.2, 0) is 13.1 Å². The molecular formula is C21H26N2O. The lowest BCUT2D eigenvalue weighted by Gasteiger charge is -2.33. The molecule has 24 heavy (non-hydrogen) atoms. The van der Waals surface area contributed by atoms with Crippen LogP contribution in [0.5, 0.6) is 5.75 Å². The van der Waals surface area contributed by atoms with Crippen LogP contribution in [-0.4, -0.2) is 42.6 Å². The van der Waals surface area contributed by atoms with Gasteiger partial charge in [0.05, 0.1) is 7.11 Å². The van der Waals surface area contributed by atoms with Crippen molar-refractivity contribution in [3.05, 3.63) is 65.7 Å². The first kappa shape index (κ1) is 15.7. The summed E-state index contributed by atoms with van der Waals surface area (Å²) in [5.41, 5.74) is 2.82. The van der Waals surface area contributed by atoms with Gasteiger partial charge in [-0.1, -0.05) is 42.5 Å². The molecule has 0 aromatic heterocycles. The maximum absolute atomic E-state index is 5.26. The molecule has 2 heterocycles. The zero-order valence-electron chi connectivity index (χ0n) is 14.4. The van der Waals surface area contributed by atoms with E-state index in [0.717, 1.165) is 24.8 Å². The molecule has 2 atom stereocenters. The van der Waals surface area contributed by atoms with Crippen molar-refractivity contribution in [2.75, 3.05) is 26.7 Å². The van der Waals surface area contributed by atoms with Crippen LogP contribution in [0.2, 0.25) is 0 Å². The third-order valence-corrected chi connectivity index (χ3v) is 5.39. The maximum Gasteiger partial charge on any atom is 0.118 e. The number of rotatable bonds is 5. The number of methoxy groups -OCH3 is 1. The summed E-state index contributed by atoms with van der Waals surface area (Å²) in [5, 5.41) is 0. The molecule has 2 aromatic carbocycles. The number of piperidine rings is 1. The first-order valence-electron chi connectivity index (χ1n) is 8.93. The van der Waals surface area contributed by atoms with E-state index in [1.54, 1.807) is 7.11 Å². The Morgan fingerprint density at radius 2 is 1.62 bits per heavy atom. The summed E-state index contributed by atoms with van der Waals surface area (Å²) in [6, 6.07) is 20.1. The highest BCUT2D eigenvalue weighted by Crippen LogP contribution is 2.31. The lowest BCUT2D eigenvalue weighted by atomic mass is 9.99. The van der Waals surface area contributed by atoms with E-state index in [1.807, 2.05) is 0 Å². The Balaban J connectivity index is 1.38. The first-order chi connectivity index (χ1) is 11.8. The topological polar surface area (TPSA) is 15.7 Å². The van der Waals surface area contributed by atoms with Crippen molar-refractivity contribution < 1.29 is 4.74 Å². The Kier molecular flexibility index (Phi) is 4.54. The fourth-order valence-corrected chi connectivity index (χ4v) is 4.28. The first-order valence-corrected chi connectivity index (χ1v) is 8.93. The number of hydrogen-bond donors (Lipinski definition) is 0. The van der Waals surface area contributed by atoms with Crippen LogP contribution in [0.25, 0.3) is 0 Å². The molecule has 0 spiro atoms. The second-order valence-corrected chi connectivity index (χ2v) is 7.21. The molecular weight excluding hydrogens is 296 g/mol. The Labute approximate surface area is 144 Å². The van der Waals surface area contributed by atoms with Gasteiger partial charge in [0, 0.05) is 38.8 Å². The zero-order chi connectivity index (χ0) is 16.4. The van der Waals surface area contributed by atoms with E-state index < -0.39 is 0 Å². The van der Waals surface area contributed by atoms with Gasteiger partial charge in [-0.05, 0) is 35.6 Å². The smallest absolute Gasteiger partial charge is 0.118 e.